The maximum absolute atomic E-state index is 12.6. The number of ketones is 1. The van der Waals surface area contributed by atoms with E-state index < -0.39 is 0 Å². The Kier molecular flexibility index (Phi) is 4.16. The number of halogens is 2. The fourth-order valence-corrected chi connectivity index (χ4v) is 5.49. The molecule has 0 spiro atoms. The maximum atomic E-state index is 12.6. The Labute approximate surface area is 123 Å². The van der Waals surface area contributed by atoms with Gasteiger partial charge in [0.2, 0.25) is 0 Å². The first-order valence-corrected chi connectivity index (χ1v) is 8.31. The summed E-state index contributed by atoms with van der Waals surface area (Å²) in [5.41, 5.74) is 0.991. The molecule has 0 aromatic carbocycles. The summed E-state index contributed by atoms with van der Waals surface area (Å²) in [7, 11) is 0. The standard InChI is InChI=1S/C13H16Br2OS/c1-13(2)6-4-3-5-9(13)11(16)8-7-10(14)17-12(8)15/h7,9H,3-6H2,1-2H3. The van der Waals surface area contributed by atoms with Crippen LogP contribution in [0.5, 0.6) is 0 Å². The van der Waals surface area contributed by atoms with Gasteiger partial charge in [0.05, 0.1) is 7.57 Å². The summed E-state index contributed by atoms with van der Waals surface area (Å²) in [5.74, 6) is 0.484. The molecule has 1 unspecified atom stereocenters. The van der Waals surface area contributed by atoms with Crippen molar-refractivity contribution in [2.75, 3.05) is 0 Å². The van der Waals surface area contributed by atoms with Gasteiger partial charge in [0.15, 0.2) is 5.78 Å². The van der Waals surface area contributed by atoms with E-state index in [0.717, 1.165) is 26.0 Å². The summed E-state index contributed by atoms with van der Waals surface area (Å²) in [5, 5.41) is 0. The van der Waals surface area contributed by atoms with E-state index in [0.29, 0.717) is 5.78 Å². The molecule has 1 fully saturated rings. The lowest BCUT2D eigenvalue weighted by Crippen LogP contribution is -2.34. The van der Waals surface area contributed by atoms with Crippen molar-refractivity contribution in [1.29, 1.82) is 0 Å². The SMILES string of the molecule is CC1(C)CCCCC1C(=O)c1cc(Br)sc1Br. The third-order valence-corrected chi connectivity index (χ3v) is 6.09. The van der Waals surface area contributed by atoms with Gasteiger partial charge in [0, 0.05) is 11.5 Å². The van der Waals surface area contributed by atoms with E-state index in [1.165, 1.54) is 12.8 Å². The predicted molar refractivity (Wildman–Crippen MR) is 79.8 cm³/mol. The Balaban J connectivity index is 2.28. The van der Waals surface area contributed by atoms with Gasteiger partial charge >= 0.3 is 0 Å². The zero-order chi connectivity index (χ0) is 12.6. The predicted octanol–water partition coefficient (Wildman–Crippen LogP) is 5.67. The van der Waals surface area contributed by atoms with Gasteiger partial charge in [-0.15, -0.1) is 11.3 Å². The summed E-state index contributed by atoms with van der Waals surface area (Å²) in [6.07, 6.45) is 4.63. The van der Waals surface area contributed by atoms with Crippen LogP contribution in [0.1, 0.15) is 49.9 Å². The molecule has 94 valence electrons. The average Bonchev–Trinajstić information content (AvgIpc) is 2.56. The van der Waals surface area contributed by atoms with E-state index in [1.54, 1.807) is 11.3 Å². The van der Waals surface area contributed by atoms with Crippen molar-refractivity contribution in [3.05, 3.63) is 19.2 Å². The van der Waals surface area contributed by atoms with Crippen molar-refractivity contribution in [2.45, 2.75) is 39.5 Å². The monoisotopic (exact) mass is 378 g/mol. The van der Waals surface area contributed by atoms with Crippen molar-refractivity contribution >= 4 is 49.0 Å². The summed E-state index contributed by atoms with van der Waals surface area (Å²) < 4.78 is 1.97. The molecule has 4 heteroatoms. The highest BCUT2D eigenvalue weighted by Crippen LogP contribution is 2.44. The van der Waals surface area contributed by atoms with Crippen LogP contribution in [0, 0.1) is 11.3 Å². The molecule has 17 heavy (non-hydrogen) atoms. The topological polar surface area (TPSA) is 17.1 Å². The molecule has 1 aromatic heterocycles. The van der Waals surface area contributed by atoms with E-state index in [2.05, 4.69) is 45.7 Å². The molecule has 1 aromatic rings. The molecule has 2 rings (SSSR count). The highest BCUT2D eigenvalue weighted by molar-refractivity contribution is 9.12. The van der Waals surface area contributed by atoms with Crippen LogP contribution in [0.2, 0.25) is 0 Å². The minimum Gasteiger partial charge on any atom is -0.294 e. The lowest BCUT2D eigenvalue weighted by Gasteiger charge is -2.37. The molecule has 0 saturated heterocycles. The third kappa shape index (κ3) is 2.85. The summed E-state index contributed by atoms with van der Waals surface area (Å²) in [4.78, 5) is 12.6. The molecule has 1 heterocycles. The molecular formula is C13H16Br2OS. The van der Waals surface area contributed by atoms with Crippen LogP contribution in [0.4, 0.5) is 0 Å². The first-order chi connectivity index (χ1) is 7.92. The molecule has 1 atom stereocenters. The van der Waals surface area contributed by atoms with Crippen LogP contribution in [-0.4, -0.2) is 5.78 Å². The second-order valence-corrected chi connectivity index (χ2v) is 9.14. The zero-order valence-corrected chi connectivity index (χ0v) is 14.0. The van der Waals surface area contributed by atoms with Crippen LogP contribution in [0.15, 0.2) is 13.6 Å². The summed E-state index contributed by atoms with van der Waals surface area (Å²) >= 11 is 8.50. The molecule has 1 aliphatic rings. The minimum atomic E-state index is 0.142. The van der Waals surface area contributed by atoms with E-state index in [4.69, 9.17) is 0 Å². The second kappa shape index (κ2) is 5.14. The highest BCUT2D eigenvalue weighted by atomic mass is 79.9. The van der Waals surface area contributed by atoms with Crippen LogP contribution in [0.25, 0.3) is 0 Å². The molecule has 0 radical (unpaired) electrons. The Morgan fingerprint density at radius 3 is 2.65 bits per heavy atom. The Hall–Kier alpha value is 0.330. The normalized spacial score (nSPS) is 23.6. The molecule has 0 aliphatic heterocycles. The van der Waals surface area contributed by atoms with Gasteiger partial charge in [0.25, 0.3) is 0 Å². The van der Waals surface area contributed by atoms with Gasteiger partial charge in [-0.1, -0.05) is 26.7 Å². The number of rotatable bonds is 2. The lowest BCUT2D eigenvalue weighted by atomic mass is 9.66. The van der Waals surface area contributed by atoms with Crippen LogP contribution < -0.4 is 0 Å². The van der Waals surface area contributed by atoms with Gasteiger partial charge in [-0.3, -0.25) is 4.79 Å². The largest absolute Gasteiger partial charge is 0.294 e. The molecule has 0 N–H and O–H groups in total. The quantitative estimate of drug-likeness (QED) is 0.604. The van der Waals surface area contributed by atoms with E-state index >= 15 is 0 Å². The third-order valence-electron chi connectivity index (χ3n) is 3.75. The number of thiophene rings is 1. The first-order valence-electron chi connectivity index (χ1n) is 5.91. The first kappa shape index (κ1) is 13.8. The van der Waals surface area contributed by atoms with Crippen molar-refractivity contribution in [2.24, 2.45) is 11.3 Å². The van der Waals surface area contributed by atoms with E-state index in [-0.39, 0.29) is 11.3 Å². The Bertz CT molecular complexity index is 437. The van der Waals surface area contributed by atoms with Gasteiger partial charge in [0.1, 0.15) is 0 Å². The molecule has 1 saturated carbocycles. The van der Waals surface area contributed by atoms with Gasteiger partial charge in [-0.25, -0.2) is 0 Å². The van der Waals surface area contributed by atoms with Gasteiger partial charge in [-0.2, -0.15) is 0 Å². The molecule has 0 bridgehead atoms. The summed E-state index contributed by atoms with van der Waals surface area (Å²) in [6.45, 7) is 4.45. The number of carbonyl (C=O) groups excluding carboxylic acids is 1. The van der Waals surface area contributed by atoms with Crippen molar-refractivity contribution in [3.8, 4) is 0 Å². The van der Waals surface area contributed by atoms with Crippen molar-refractivity contribution in [1.82, 2.24) is 0 Å². The highest BCUT2D eigenvalue weighted by Gasteiger charge is 2.38. The number of hydrogen-bond acceptors (Lipinski definition) is 2. The maximum Gasteiger partial charge on any atom is 0.168 e. The Morgan fingerprint density at radius 1 is 1.41 bits per heavy atom. The van der Waals surface area contributed by atoms with Crippen molar-refractivity contribution < 1.29 is 4.79 Å². The fraction of sp³-hybridized carbons (Fsp3) is 0.615. The van der Waals surface area contributed by atoms with Crippen LogP contribution in [0.3, 0.4) is 0 Å². The lowest BCUT2D eigenvalue weighted by molar-refractivity contribution is 0.0697. The smallest absolute Gasteiger partial charge is 0.168 e. The van der Waals surface area contributed by atoms with E-state index in [9.17, 15) is 4.79 Å². The van der Waals surface area contributed by atoms with Gasteiger partial charge < -0.3 is 0 Å². The Morgan fingerprint density at radius 2 is 2.12 bits per heavy atom. The van der Waals surface area contributed by atoms with Crippen LogP contribution in [-0.2, 0) is 0 Å². The molecular weight excluding hydrogens is 364 g/mol. The number of hydrogen-bond donors (Lipinski definition) is 0. The molecule has 1 nitrogen and oxygen atoms in total. The fourth-order valence-electron chi connectivity index (χ4n) is 2.68. The number of Topliss-reactive ketones (excluding diaryl/α,β-unsaturated/α-hetero) is 1. The average molecular weight is 380 g/mol. The molecule has 1 aliphatic carbocycles. The van der Waals surface area contributed by atoms with E-state index in [1.807, 2.05) is 6.07 Å². The molecule has 0 amide bonds. The van der Waals surface area contributed by atoms with Crippen molar-refractivity contribution in [3.63, 3.8) is 0 Å². The summed E-state index contributed by atoms with van der Waals surface area (Å²) in [6, 6.07) is 1.95. The minimum absolute atomic E-state index is 0.142. The second-order valence-electron chi connectivity index (χ2n) is 5.39. The van der Waals surface area contributed by atoms with Crippen LogP contribution >= 0.6 is 43.2 Å². The zero-order valence-electron chi connectivity index (χ0n) is 10.1. The number of carbonyl (C=O) groups is 1. The van der Waals surface area contributed by atoms with Gasteiger partial charge in [-0.05, 0) is 56.2 Å².